The second-order valence-electron chi connectivity index (χ2n) is 3.88. The van der Waals surface area contributed by atoms with Gasteiger partial charge in [0.05, 0.1) is 6.54 Å². The summed E-state index contributed by atoms with van der Waals surface area (Å²) in [4.78, 5) is 32.7. The molecule has 104 valence electrons. The quantitative estimate of drug-likeness (QED) is 0.417. The number of urea groups is 1. The van der Waals surface area contributed by atoms with Gasteiger partial charge in [0, 0.05) is 19.5 Å². The van der Waals surface area contributed by atoms with Gasteiger partial charge in [-0.2, -0.15) is 0 Å². The summed E-state index contributed by atoms with van der Waals surface area (Å²) in [7, 11) is 0. The van der Waals surface area contributed by atoms with Gasteiger partial charge in [0.1, 0.15) is 0 Å². The Morgan fingerprint density at radius 2 is 1.61 bits per heavy atom. The Bertz CT molecular complexity index is 281. The van der Waals surface area contributed by atoms with Crippen molar-refractivity contribution in [2.45, 2.75) is 32.6 Å². The summed E-state index contributed by atoms with van der Waals surface area (Å²) in [6.07, 6.45) is 2.75. The zero-order valence-corrected chi connectivity index (χ0v) is 10.8. The van der Waals surface area contributed by atoms with E-state index in [1.165, 1.54) is 0 Å². The molecular formula is C11H22N4O3. The molecule has 0 aliphatic heterocycles. The van der Waals surface area contributed by atoms with Gasteiger partial charge in [-0.05, 0) is 12.8 Å². The van der Waals surface area contributed by atoms with Gasteiger partial charge in [-0.25, -0.2) is 4.79 Å². The number of primary amides is 1. The molecule has 0 fully saturated rings. The third kappa shape index (κ3) is 10.7. The molecule has 0 aliphatic carbocycles. The lowest BCUT2D eigenvalue weighted by molar-refractivity contribution is -0.124. The number of hydrogen-bond acceptors (Lipinski definition) is 3. The highest BCUT2D eigenvalue weighted by Gasteiger charge is 2.03. The lowest BCUT2D eigenvalue weighted by atomic mass is 10.3. The van der Waals surface area contributed by atoms with E-state index < -0.39 is 5.91 Å². The summed E-state index contributed by atoms with van der Waals surface area (Å²) in [5.41, 5.74) is 4.87. The number of nitrogens with two attached hydrogens (primary N) is 1. The molecule has 0 aromatic carbocycles. The van der Waals surface area contributed by atoms with Crippen LogP contribution in [0.5, 0.6) is 0 Å². The number of nitrogens with one attached hydrogen (secondary N) is 3. The predicted octanol–water partition coefficient (Wildman–Crippen LogP) is -0.533. The number of carbonyl (C=O) groups excluding carboxylic acids is 3. The SMILES string of the molecule is CCCCNC(=O)NCCCC(=O)NCC(N)=O. The van der Waals surface area contributed by atoms with Crippen molar-refractivity contribution < 1.29 is 14.4 Å². The van der Waals surface area contributed by atoms with Crippen molar-refractivity contribution in [1.82, 2.24) is 16.0 Å². The summed E-state index contributed by atoms with van der Waals surface area (Å²) in [5, 5.41) is 7.71. The number of carbonyl (C=O) groups is 3. The zero-order chi connectivity index (χ0) is 13.8. The minimum atomic E-state index is -0.572. The van der Waals surface area contributed by atoms with E-state index in [-0.39, 0.29) is 24.9 Å². The van der Waals surface area contributed by atoms with Crippen molar-refractivity contribution >= 4 is 17.8 Å². The van der Waals surface area contributed by atoms with Gasteiger partial charge in [0.15, 0.2) is 0 Å². The minimum Gasteiger partial charge on any atom is -0.368 e. The fourth-order valence-corrected chi connectivity index (χ4v) is 1.17. The van der Waals surface area contributed by atoms with Gasteiger partial charge in [-0.3, -0.25) is 9.59 Å². The highest BCUT2D eigenvalue weighted by atomic mass is 16.2. The summed E-state index contributed by atoms with van der Waals surface area (Å²) >= 11 is 0. The van der Waals surface area contributed by atoms with Crippen molar-refractivity contribution in [3.8, 4) is 0 Å². The Labute approximate surface area is 107 Å². The fraction of sp³-hybridized carbons (Fsp3) is 0.727. The van der Waals surface area contributed by atoms with Gasteiger partial charge in [0.25, 0.3) is 0 Å². The number of unbranched alkanes of at least 4 members (excludes halogenated alkanes) is 1. The molecule has 4 amide bonds. The van der Waals surface area contributed by atoms with Crippen LogP contribution in [0.1, 0.15) is 32.6 Å². The molecule has 0 aromatic heterocycles. The second-order valence-corrected chi connectivity index (χ2v) is 3.88. The standard InChI is InChI=1S/C11H22N4O3/c1-2-3-6-13-11(18)14-7-4-5-10(17)15-8-9(12)16/h2-8H2,1H3,(H2,12,16)(H,15,17)(H2,13,14,18). The lowest BCUT2D eigenvalue weighted by Gasteiger charge is -2.07. The highest BCUT2D eigenvalue weighted by Crippen LogP contribution is 1.87. The van der Waals surface area contributed by atoms with Crippen molar-refractivity contribution in [1.29, 1.82) is 0 Å². The van der Waals surface area contributed by atoms with E-state index in [0.717, 1.165) is 12.8 Å². The van der Waals surface area contributed by atoms with Crippen LogP contribution in [0.4, 0.5) is 4.79 Å². The molecule has 0 atom stereocenters. The van der Waals surface area contributed by atoms with Crippen molar-refractivity contribution in [3.05, 3.63) is 0 Å². The molecule has 0 aromatic rings. The summed E-state index contributed by atoms with van der Waals surface area (Å²) in [6.45, 7) is 2.97. The maximum atomic E-state index is 11.2. The second kappa shape index (κ2) is 10.4. The van der Waals surface area contributed by atoms with E-state index in [1.807, 2.05) is 6.92 Å². The van der Waals surface area contributed by atoms with Crippen LogP contribution in [0.15, 0.2) is 0 Å². The molecule has 0 aliphatic rings. The summed E-state index contributed by atoms with van der Waals surface area (Å²) < 4.78 is 0. The smallest absolute Gasteiger partial charge is 0.314 e. The molecule has 18 heavy (non-hydrogen) atoms. The molecule has 0 spiro atoms. The maximum absolute atomic E-state index is 11.2. The Hall–Kier alpha value is -1.79. The number of amides is 4. The van der Waals surface area contributed by atoms with E-state index in [0.29, 0.717) is 19.5 Å². The molecule has 7 nitrogen and oxygen atoms in total. The lowest BCUT2D eigenvalue weighted by Crippen LogP contribution is -2.37. The predicted molar refractivity (Wildman–Crippen MR) is 67.7 cm³/mol. The normalized spacial score (nSPS) is 9.61. The van der Waals surface area contributed by atoms with Crippen LogP contribution in [0.25, 0.3) is 0 Å². The van der Waals surface area contributed by atoms with E-state index in [4.69, 9.17) is 5.73 Å². The van der Waals surface area contributed by atoms with E-state index >= 15 is 0 Å². The first-order valence-corrected chi connectivity index (χ1v) is 6.13. The summed E-state index contributed by atoms with van der Waals surface area (Å²) in [5.74, 6) is -0.821. The van der Waals surface area contributed by atoms with Gasteiger partial charge < -0.3 is 21.7 Å². The van der Waals surface area contributed by atoms with Gasteiger partial charge in [-0.1, -0.05) is 13.3 Å². The molecule has 0 saturated carbocycles. The van der Waals surface area contributed by atoms with Crippen molar-refractivity contribution in [2.24, 2.45) is 5.73 Å². The van der Waals surface area contributed by atoms with Crippen molar-refractivity contribution in [2.75, 3.05) is 19.6 Å². The average Bonchev–Trinajstić information content (AvgIpc) is 2.32. The van der Waals surface area contributed by atoms with Gasteiger partial charge >= 0.3 is 6.03 Å². The van der Waals surface area contributed by atoms with Crippen LogP contribution in [0, 0.1) is 0 Å². The molecule has 0 rings (SSSR count). The van der Waals surface area contributed by atoms with E-state index in [1.54, 1.807) is 0 Å². The Morgan fingerprint density at radius 3 is 2.17 bits per heavy atom. The highest BCUT2D eigenvalue weighted by molar-refractivity contribution is 5.83. The Balaban J connectivity index is 3.40. The molecule has 7 heteroatoms. The first kappa shape index (κ1) is 16.2. The minimum absolute atomic E-state index is 0.149. The van der Waals surface area contributed by atoms with Gasteiger partial charge in [0.2, 0.25) is 11.8 Å². The van der Waals surface area contributed by atoms with E-state index in [2.05, 4.69) is 16.0 Å². The van der Waals surface area contributed by atoms with Crippen molar-refractivity contribution in [3.63, 3.8) is 0 Å². The monoisotopic (exact) mass is 258 g/mol. The third-order valence-corrected chi connectivity index (χ3v) is 2.14. The maximum Gasteiger partial charge on any atom is 0.314 e. The first-order valence-electron chi connectivity index (χ1n) is 6.13. The van der Waals surface area contributed by atoms with Gasteiger partial charge in [-0.15, -0.1) is 0 Å². The Kier molecular flexibility index (Phi) is 9.34. The largest absolute Gasteiger partial charge is 0.368 e. The van der Waals surface area contributed by atoms with Crippen LogP contribution >= 0.6 is 0 Å². The van der Waals surface area contributed by atoms with Crippen LogP contribution < -0.4 is 21.7 Å². The number of hydrogen-bond donors (Lipinski definition) is 4. The molecule has 5 N–H and O–H groups in total. The first-order chi connectivity index (χ1) is 8.56. The fourth-order valence-electron chi connectivity index (χ4n) is 1.17. The molecule has 0 saturated heterocycles. The topological polar surface area (TPSA) is 113 Å². The molecule has 0 heterocycles. The Morgan fingerprint density at radius 1 is 1.00 bits per heavy atom. The molecular weight excluding hydrogens is 236 g/mol. The number of rotatable bonds is 9. The summed E-state index contributed by atoms with van der Waals surface area (Å²) in [6, 6.07) is -0.221. The molecule has 0 unspecified atom stereocenters. The van der Waals surface area contributed by atoms with Crippen LogP contribution in [0.3, 0.4) is 0 Å². The zero-order valence-electron chi connectivity index (χ0n) is 10.8. The van der Waals surface area contributed by atoms with Crippen LogP contribution in [-0.2, 0) is 9.59 Å². The van der Waals surface area contributed by atoms with Crippen LogP contribution in [-0.4, -0.2) is 37.5 Å². The van der Waals surface area contributed by atoms with Crippen LogP contribution in [0.2, 0.25) is 0 Å². The average molecular weight is 258 g/mol. The molecule has 0 bridgehead atoms. The van der Waals surface area contributed by atoms with E-state index in [9.17, 15) is 14.4 Å². The third-order valence-electron chi connectivity index (χ3n) is 2.14. The molecule has 0 radical (unpaired) electrons.